The lowest BCUT2D eigenvalue weighted by atomic mass is 10.1. The number of benzene rings is 6. The number of amides is 5. The molecule has 0 spiro atoms. The van der Waals surface area contributed by atoms with Gasteiger partial charge in [0, 0.05) is 40.9 Å². The van der Waals surface area contributed by atoms with Crippen LogP contribution in [-0.2, 0) is 69.9 Å². The van der Waals surface area contributed by atoms with Gasteiger partial charge >= 0.3 is 41.9 Å². The molecular formula is C69H85N9O18S3. The molecule has 532 valence electrons. The molecule has 0 aromatic heterocycles. The smallest absolute Gasteiger partial charge is 0.407 e. The first-order valence-electron chi connectivity index (χ1n) is 30.4. The average molecular weight is 1420 g/mol. The van der Waals surface area contributed by atoms with Crippen molar-refractivity contribution < 1.29 is 88.1 Å². The molecule has 0 aliphatic rings. The number of rotatable bonds is 39. The molecule has 9 atom stereocenters. The number of aliphatic carboxylic acids is 6. The molecule has 99 heavy (non-hydrogen) atoms. The number of hydrogen-bond acceptors (Lipinski definition) is 19. The molecule has 18 N–H and O–H groups in total. The van der Waals surface area contributed by atoms with Crippen molar-refractivity contribution in [1.29, 1.82) is 0 Å². The fraction of sp³-hybridized carbons (Fsp3) is 0.319. The fourth-order valence-corrected chi connectivity index (χ4v) is 11.6. The molecular weight excluding hydrogens is 1340 g/mol. The first-order valence-corrected chi connectivity index (χ1v) is 33.9. The van der Waals surface area contributed by atoms with Gasteiger partial charge in [0.2, 0.25) is 23.6 Å². The number of carboxylic acids is 6. The lowest BCUT2D eigenvalue weighted by Gasteiger charge is -2.22. The number of carbonyl (C=O) groups is 11. The van der Waals surface area contributed by atoms with Crippen LogP contribution in [0.3, 0.4) is 0 Å². The van der Waals surface area contributed by atoms with Crippen molar-refractivity contribution in [3.8, 4) is 0 Å². The Morgan fingerprint density at radius 3 is 1.01 bits per heavy atom. The standard InChI is InChI=1S/C23H27N3O6S.C23H29N3O5S.C22H25N3O7S.CH4/c24-17(22(29)30)11-12-19(27)25-18(14-33-13-15-7-3-1-4-8-15)21(28)26-20(23(31)32)16-9-5-2-6-10-16;24-18(22(28)29)12-7-13-25-19(15-32-14-16-8-3-1-4-9-16)21(27)26-20(23(30)31)17-10-5-2-6-11-17;23-16(20(27)28)11-32-22(31)24-17(13-33-12-14-7-3-1-4-8-14)19(26)25-18(21(29)30)15-9-5-2-6-10-15;/h1-10,17-18,20H,11-14,24H2,(H,25,27)(H,26,28)(H,29,30)(H,31,32);1-6,8-11,18-20,25H,7,12-15,24H2,(H,26,27)(H,28,29)(H,30,31);1-10,16-18H,11-13,23H2,(H,24,31)(H,25,26)(H,27,28)(H,29,30);1H4/t17-,18-,20?;18-,19-,20?;16-,17-,18?;/m000./s1. The molecule has 6 rings (SSSR count). The predicted molar refractivity (Wildman–Crippen MR) is 377 cm³/mol. The summed E-state index contributed by atoms with van der Waals surface area (Å²) in [5.74, 6) is -7.05. The average Bonchev–Trinajstić information content (AvgIpc) is 0.880. The van der Waals surface area contributed by atoms with Crippen molar-refractivity contribution in [2.24, 2.45) is 17.2 Å². The zero-order chi connectivity index (χ0) is 71.8. The van der Waals surface area contributed by atoms with E-state index in [4.69, 9.17) is 37.3 Å². The Balaban J connectivity index is 0.000000385. The second-order valence-electron chi connectivity index (χ2n) is 21.5. The zero-order valence-corrected chi connectivity index (χ0v) is 55.5. The Morgan fingerprint density at radius 2 is 0.677 bits per heavy atom. The van der Waals surface area contributed by atoms with E-state index >= 15 is 0 Å². The molecule has 3 unspecified atom stereocenters. The van der Waals surface area contributed by atoms with Gasteiger partial charge in [-0.1, -0.05) is 189 Å². The van der Waals surface area contributed by atoms with E-state index in [0.29, 0.717) is 52.7 Å². The van der Waals surface area contributed by atoms with E-state index in [1.54, 1.807) is 103 Å². The van der Waals surface area contributed by atoms with E-state index in [-0.39, 0.29) is 38.2 Å². The van der Waals surface area contributed by atoms with Gasteiger partial charge in [0.05, 0.1) is 6.04 Å². The second kappa shape index (κ2) is 46.4. The highest BCUT2D eigenvalue weighted by atomic mass is 32.2. The lowest BCUT2D eigenvalue weighted by Crippen LogP contribution is -2.51. The van der Waals surface area contributed by atoms with Gasteiger partial charge in [-0.2, -0.15) is 35.3 Å². The summed E-state index contributed by atoms with van der Waals surface area (Å²) in [4.78, 5) is 131. The molecule has 0 aliphatic heterocycles. The first kappa shape index (κ1) is 83.4. The molecule has 5 amide bonds. The summed E-state index contributed by atoms with van der Waals surface area (Å²) in [7, 11) is 0. The van der Waals surface area contributed by atoms with Gasteiger partial charge < -0.3 is 84.5 Å². The summed E-state index contributed by atoms with van der Waals surface area (Å²) in [6, 6.07) is 43.6. The summed E-state index contributed by atoms with van der Waals surface area (Å²) in [5.41, 5.74) is 20.7. The summed E-state index contributed by atoms with van der Waals surface area (Å²) in [5, 5.41) is 70.9. The Morgan fingerprint density at radius 1 is 0.374 bits per heavy atom. The third kappa shape index (κ3) is 32.9. The number of carbonyl (C=O) groups excluding carboxylic acids is 5. The van der Waals surface area contributed by atoms with Crippen molar-refractivity contribution in [2.75, 3.05) is 30.4 Å². The van der Waals surface area contributed by atoms with Crippen LogP contribution in [0.2, 0.25) is 0 Å². The Labute approximate surface area is 585 Å². The molecule has 0 radical (unpaired) electrons. The third-order valence-electron chi connectivity index (χ3n) is 13.9. The number of nitrogens with two attached hydrogens (primary N) is 3. The largest absolute Gasteiger partial charge is 0.480 e. The molecule has 0 fully saturated rings. The Bertz CT molecular complexity index is 3320. The van der Waals surface area contributed by atoms with Gasteiger partial charge in [-0.05, 0) is 59.2 Å². The molecule has 0 aliphatic carbocycles. The maximum atomic E-state index is 12.9. The third-order valence-corrected chi connectivity index (χ3v) is 17.2. The molecule has 30 heteroatoms. The van der Waals surface area contributed by atoms with Crippen molar-refractivity contribution in [1.82, 2.24) is 31.9 Å². The molecule has 6 aromatic carbocycles. The topological polar surface area (TPSA) is 469 Å². The van der Waals surface area contributed by atoms with Gasteiger partial charge in [0.25, 0.3) is 0 Å². The Hall–Kier alpha value is -9.82. The van der Waals surface area contributed by atoms with Crippen LogP contribution in [0.4, 0.5) is 4.79 Å². The summed E-state index contributed by atoms with van der Waals surface area (Å²) < 4.78 is 4.79. The number of carboxylic acid groups (broad SMARTS) is 6. The molecule has 0 heterocycles. The summed E-state index contributed by atoms with van der Waals surface area (Å²) in [6.45, 7) is -0.206. The molecule has 27 nitrogen and oxygen atoms in total. The highest BCUT2D eigenvalue weighted by Crippen LogP contribution is 2.20. The lowest BCUT2D eigenvalue weighted by molar-refractivity contribution is -0.142. The van der Waals surface area contributed by atoms with E-state index in [1.165, 1.54) is 23.5 Å². The first-order chi connectivity index (χ1) is 46.9. The normalized spacial score (nSPS) is 13.3. The van der Waals surface area contributed by atoms with Gasteiger partial charge in [-0.15, -0.1) is 0 Å². The highest BCUT2D eigenvalue weighted by Gasteiger charge is 2.31. The van der Waals surface area contributed by atoms with Crippen molar-refractivity contribution in [2.45, 2.75) is 105 Å². The van der Waals surface area contributed by atoms with Crippen molar-refractivity contribution in [3.05, 3.63) is 215 Å². The van der Waals surface area contributed by atoms with Crippen LogP contribution in [0.15, 0.2) is 182 Å². The summed E-state index contributed by atoms with van der Waals surface area (Å²) >= 11 is 4.31. The maximum Gasteiger partial charge on any atom is 0.407 e. The van der Waals surface area contributed by atoms with Crippen LogP contribution in [0.1, 0.15) is 84.6 Å². The predicted octanol–water partition coefficient (Wildman–Crippen LogP) is 5.56. The quantitative estimate of drug-likeness (QED) is 0.0210. The monoisotopic (exact) mass is 1420 g/mol. The SMILES string of the molecule is C.N[C@@H](CCC(=O)N[C@@H](CSCc1ccccc1)C(=O)NC(C(=O)O)c1ccccc1)C(=O)O.N[C@@H](CCCN[C@@H](CSCc1ccccc1)C(=O)NC(C(=O)O)c1ccccc1)C(=O)O.N[C@@H](COC(=O)N[C@@H](CSCc1ccccc1)C(=O)NC(C(=O)O)c1ccccc1)C(=O)O. The number of ether oxygens (including phenoxy) is 1. The second-order valence-corrected chi connectivity index (χ2v) is 24.6. The zero-order valence-electron chi connectivity index (χ0n) is 53.0. The van der Waals surface area contributed by atoms with E-state index in [0.717, 1.165) is 16.7 Å². The maximum absolute atomic E-state index is 12.9. The molecule has 0 saturated heterocycles. The van der Waals surface area contributed by atoms with Gasteiger partial charge in [0.15, 0.2) is 18.1 Å². The summed E-state index contributed by atoms with van der Waals surface area (Å²) in [6.07, 6.45) is -0.563. The minimum absolute atomic E-state index is 0. The number of thioether (sulfide) groups is 3. The van der Waals surface area contributed by atoms with Crippen LogP contribution >= 0.6 is 35.3 Å². The van der Waals surface area contributed by atoms with Crippen LogP contribution in [0.5, 0.6) is 0 Å². The van der Waals surface area contributed by atoms with Crippen molar-refractivity contribution >= 4 is 101 Å². The fourth-order valence-electron chi connectivity index (χ4n) is 8.55. The van der Waals surface area contributed by atoms with Crippen LogP contribution < -0.4 is 49.1 Å². The minimum Gasteiger partial charge on any atom is -0.480 e. The molecule has 0 bridgehead atoms. The van der Waals surface area contributed by atoms with Gasteiger partial charge in [-0.25, -0.2) is 19.2 Å². The highest BCUT2D eigenvalue weighted by molar-refractivity contribution is 7.99. The van der Waals surface area contributed by atoms with E-state index in [2.05, 4.69) is 31.9 Å². The van der Waals surface area contributed by atoms with Crippen molar-refractivity contribution in [3.63, 3.8) is 0 Å². The number of nitrogens with one attached hydrogen (secondary N) is 6. The van der Waals surface area contributed by atoms with Crippen LogP contribution in [0, 0.1) is 0 Å². The number of alkyl carbamates (subject to hydrolysis) is 1. The minimum atomic E-state index is -1.41. The van der Waals surface area contributed by atoms with E-state index in [9.17, 15) is 68.1 Å². The van der Waals surface area contributed by atoms with E-state index in [1.807, 2.05) is 91.0 Å². The molecule has 0 saturated carbocycles. The van der Waals surface area contributed by atoms with Gasteiger partial charge in [0.1, 0.15) is 36.8 Å². The van der Waals surface area contributed by atoms with E-state index < -0.39 is 127 Å². The Kier molecular flexibility index (Phi) is 39.1. The number of hydrogen-bond donors (Lipinski definition) is 15. The molecule has 6 aromatic rings. The van der Waals surface area contributed by atoms with Crippen LogP contribution in [0.25, 0.3) is 0 Å². The van der Waals surface area contributed by atoms with Crippen LogP contribution in [-0.4, -0.2) is 163 Å². The van der Waals surface area contributed by atoms with Gasteiger partial charge in [-0.3, -0.25) is 33.6 Å².